The molecule has 0 aromatic carbocycles. The van der Waals surface area contributed by atoms with Crippen molar-refractivity contribution < 1.29 is 14.1 Å². The van der Waals surface area contributed by atoms with Crippen LogP contribution in [0.25, 0.3) is 0 Å². The molecule has 15 heavy (non-hydrogen) atoms. The molecule has 86 valence electrons. The lowest BCUT2D eigenvalue weighted by atomic mass is 9.94. The summed E-state index contributed by atoms with van der Waals surface area (Å²) in [5.74, 6) is 1.17. The Labute approximate surface area is 94.8 Å². The number of carbonyl (C=O) groups is 1. The molecule has 0 bridgehead atoms. The van der Waals surface area contributed by atoms with Crippen LogP contribution in [0.5, 0.6) is 0 Å². The molecule has 3 nitrogen and oxygen atoms in total. The Morgan fingerprint density at radius 2 is 1.80 bits per heavy atom. The summed E-state index contributed by atoms with van der Waals surface area (Å²) in [7, 11) is 3.41. The van der Waals surface area contributed by atoms with E-state index in [2.05, 4.69) is 6.92 Å². The van der Waals surface area contributed by atoms with Gasteiger partial charge in [0.05, 0.1) is 0 Å². The zero-order chi connectivity index (χ0) is 11.7. The molecule has 0 aromatic rings. The zero-order valence-corrected chi connectivity index (χ0v) is 10.4. The van der Waals surface area contributed by atoms with Crippen molar-refractivity contribution in [1.29, 1.82) is 0 Å². The van der Waals surface area contributed by atoms with Gasteiger partial charge in [-0.2, -0.15) is 0 Å². The van der Waals surface area contributed by atoms with Crippen LogP contribution in [0, 0.1) is 11.8 Å². The molecule has 0 radical (unpaired) electrons. The van der Waals surface area contributed by atoms with Gasteiger partial charge in [-0.05, 0) is 31.6 Å². The van der Waals surface area contributed by atoms with E-state index < -0.39 is 0 Å². The van der Waals surface area contributed by atoms with E-state index in [1.165, 1.54) is 0 Å². The van der Waals surface area contributed by atoms with E-state index in [0.29, 0.717) is 24.9 Å². The number of ketones is 1. The van der Waals surface area contributed by atoms with E-state index >= 15 is 0 Å². The maximum atomic E-state index is 11.0. The van der Waals surface area contributed by atoms with Crippen molar-refractivity contribution in [2.24, 2.45) is 11.8 Å². The summed E-state index contributed by atoms with van der Waals surface area (Å²) >= 11 is 0. The molecule has 0 spiro atoms. The van der Waals surface area contributed by atoms with Crippen molar-refractivity contribution in [3.8, 4) is 0 Å². The summed E-state index contributed by atoms with van der Waals surface area (Å²) in [6.45, 7) is 5.28. The van der Waals surface area contributed by atoms with Crippen LogP contribution < -0.4 is 0 Å². The van der Waals surface area contributed by atoms with Gasteiger partial charge in [0.15, 0.2) is 0 Å². The van der Waals surface area contributed by atoms with Crippen LogP contribution >= 0.6 is 0 Å². The molecule has 0 saturated carbocycles. The van der Waals surface area contributed by atoms with Gasteiger partial charge in [0, 0.05) is 19.6 Å². The maximum absolute atomic E-state index is 11.0. The first-order valence-electron chi connectivity index (χ1n) is 5.57. The lowest BCUT2D eigenvalue weighted by Crippen LogP contribution is -2.15. The molecule has 0 saturated heterocycles. The molecular weight excluding hydrogens is 190 g/mol. The predicted molar refractivity (Wildman–Crippen MR) is 66.2 cm³/mol. The number of rotatable bonds is 9. The molecule has 0 N–H and O–H groups in total. The van der Waals surface area contributed by atoms with Crippen molar-refractivity contribution in [2.75, 3.05) is 13.2 Å². The summed E-state index contributed by atoms with van der Waals surface area (Å²) in [6, 6.07) is 0. The third kappa shape index (κ3) is 8.70. The SMILES string of the molecule is BOCC(C)CCC(COB)CC(C)=O. The predicted octanol–water partition coefficient (Wildman–Crippen LogP) is 0.127. The van der Waals surface area contributed by atoms with Gasteiger partial charge < -0.3 is 14.1 Å². The second kappa shape index (κ2) is 8.98. The minimum Gasteiger partial charge on any atom is -0.444 e. The molecule has 0 fully saturated rings. The smallest absolute Gasteiger partial charge is 0.257 e. The first-order valence-corrected chi connectivity index (χ1v) is 5.57. The van der Waals surface area contributed by atoms with Gasteiger partial charge >= 0.3 is 0 Å². The first-order chi connectivity index (χ1) is 7.10. The van der Waals surface area contributed by atoms with Crippen LogP contribution in [-0.2, 0) is 14.1 Å². The zero-order valence-electron chi connectivity index (χ0n) is 10.4. The molecule has 0 rings (SSSR count). The van der Waals surface area contributed by atoms with Gasteiger partial charge in [0.2, 0.25) is 0 Å². The Morgan fingerprint density at radius 3 is 2.27 bits per heavy atom. The molecular formula is C10H22B2O3. The van der Waals surface area contributed by atoms with E-state index in [0.717, 1.165) is 19.4 Å². The van der Waals surface area contributed by atoms with Crippen molar-refractivity contribution >= 4 is 21.9 Å². The molecule has 2 unspecified atom stereocenters. The third-order valence-corrected chi connectivity index (χ3v) is 2.50. The molecule has 0 aliphatic carbocycles. The highest BCUT2D eigenvalue weighted by Gasteiger charge is 2.12. The number of Topliss-reactive ketones (excluding diaryl/α,β-unsaturated/α-hetero) is 1. The van der Waals surface area contributed by atoms with Gasteiger partial charge in [0.25, 0.3) is 16.1 Å². The van der Waals surface area contributed by atoms with Gasteiger partial charge in [-0.1, -0.05) is 6.92 Å². The van der Waals surface area contributed by atoms with Crippen LogP contribution in [0.2, 0.25) is 0 Å². The van der Waals surface area contributed by atoms with E-state index in [1.54, 1.807) is 23.0 Å². The average Bonchev–Trinajstić information content (AvgIpc) is 2.14. The monoisotopic (exact) mass is 212 g/mol. The Balaban J connectivity index is 3.78. The second-order valence-electron chi connectivity index (χ2n) is 4.37. The van der Waals surface area contributed by atoms with Crippen LogP contribution in [0.15, 0.2) is 0 Å². The third-order valence-electron chi connectivity index (χ3n) is 2.50. The topological polar surface area (TPSA) is 35.5 Å². The van der Waals surface area contributed by atoms with Crippen molar-refractivity contribution in [1.82, 2.24) is 0 Å². The summed E-state index contributed by atoms with van der Waals surface area (Å²) in [5, 5.41) is 0. The Bertz CT molecular complexity index is 176. The Hall–Kier alpha value is -0.280. The van der Waals surface area contributed by atoms with Gasteiger partial charge in [-0.25, -0.2) is 0 Å². The van der Waals surface area contributed by atoms with Gasteiger partial charge in [-0.15, -0.1) is 0 Å². The van der Waals surface area contributed by atoms with Gasteiger partial charge in [0.1, 0.15) is 5.78 Å². The van der Waals surface area contributed by atoms with Crippen LogP contribution in [0.1, 0.15) is 33.1 Å². The highest BCUT2D eigenvalue weighted by atomic mass is 16.4. The molecule has 0 aliphatic heterocycles. The molecule has 0 aromatic heterocycles. The highest BCUT2D eigenvalue weighted by molar-refractivity contribution is 5.98. The molecule has 5 heteroatoms. The molecule has 0 amide bonds. The summed E-state index contributed by atoms with van der Waals surface area (Å²) < 4.78 is 10.2. The fourth-order valence-corrected chi connectivity index (χ4v) is 1.77. The standard InChI is InChI=1S/C10H22B2O3/c1-8(6-14-11)3-4-10(7-15-12)5-9(2)13/h8,10H,3-7,11-12H2,1-2H3. The Morgan fingerprint density at radius 1 is 1.20 bits per heavy atom. The van der Waals surface area contributed by atoms with E-state index in [9.17, 15) is 4.79 Å². The maximum Gasteiger partial charge on any atom is 0.257 e. The number of hydrogen-bond donors (Lipinski definition) is 0. The minimum absolute atomic E-state index is 0.247. The van der Waals surface area contributed by atoms with Crippen LogP contribution in [0.3, 0.4) is 0 Å². The summed E-state index contributed by atoms with van der Waals surface area (Å²) in [4.78, 5) is 11.0. The Kier molecular flexibility index (Phi) is 8.82. The quantitative estimate of drug-likeness (QED) is 0.509. The first kappa shape index (κ1) is 14.7. The molecule has 2 atom stereocenters. The molecule has 0 aliphatic rings. The van der Waals surface area contributed by atoms with Gasteiger partial charge in [-0.3, -0.25) is 0 Å². The molecule has 0 heterocycles. The second-order valence-corrected chi connectivity index (χ2v) is 4.37. The average molecular weight is 212 g/mol. The highest BCUT2D eigenvalue weighted by Crippen LogP contribution is 2.16. The largest absolute Gasteiger partial charge is 0.444 e. The lowest BCUT2D eigenvalue weighted by Gasteiger charge is -2.17. The van der Waals surface area contributed by atoms with Crippen molar-refractivity contribution in [3.63, 3.8) is 0 Å². The normalized spacial score (nSPS) is 14.8. The lowest BCUT2D eigenvalue weighted by molar-refractivity contribution is -0.118. The van der Waals surface area contributed by atoms with Crippen LogP contribution in [-0.4, -0.2) is 35.1 Å². The van der Waals surface area contributed by atoms with E-state index in [-0.39, 0.29) is 5.78 Å². The van der Waals surface area contributed by atoms with E-state index in [1.807, 2.05) is 0 Å². The van der Waals surface area contributed by atoms with Crippen molar-refractivity contribution in [3.05, 3.63) is 0 Å². The minimum atomic E-state index is 0.247. The summed E-state index contributed by atoms with van der Waals surface area (Å²) in [6.07, 6.45) is 2.76. The van der Waals surface area contributed by atoms with Crippen molar-refractivity contribution in [2.45, 2.75) is 33.1 Å². The fraction of sp³-hybridized carbons (Fsp3) is 0.900. The van der Waals surface area contributed by atoms with E-state index in [4.69, 9.17) is 9.31 Å². The fourth-order valence-electron chi connectivity index (χ4n) is 1.77. The van der Waals surface area contributed by atoms with Crippen LogP contribution in [0.4, 0.5) is 0 Å². The summed E-state index contributed by atoms with van der Waals surface area (Å²) in [5.41, 5.74) is 0. The number of carbonyl (C=O) groups excluding carboxylic acids is 1. The number of hydrogen-bond acceptors (Lipinski definition) is 3.